The average molecular weight is 385 g/mol. The Morgan fingerprint density at radius 3 is 3.07 bits per heavy atom. The average Bonchev–Trinajstić information content (AvgIpc) is 3.32. The van der Waals surface area contributed by atoms with Crippen LogP contribution in [0.5, 0.6) is 0 Å². The second-order valence-electron chi connectivity index (χ2n) is 6.36. The van der Waals surface area contributed by atoms with Crippen LogP contribution in [0.3, 0.4) is 0 Å². The van der Waals surface area contributed by atoms with Gasteiger partial charge in [-0.15, -0.1) is 10.2 Å². The molecule has 4 rings (SSSR count). The SMILES string of the molecule is CN=C(NCc1nnc2ccccn12)NC1CCN(c2ncccc2Cl)C1. The molecule has 140 valence electrons. The Morgan fingerprint density at radius 1 is 1.30 bits per heavy atom. The van der Waals surface area contributed by atoms with Gasteiger partial charge in [0.1, 0.15) is 5.82 Å². The highest BCUT2D eigenvalue weighted by Crippen LogP contribution is 2.25. The lowest BCUT2D eigenvalue weighted by Gasteiger charge is -2.20. The van der Waals surface area contributed by atoms with Gasteiger partial charge in [-0.05, 0) is 30.7 Å². The summed E-state index contributed by atoms with van der Waals surface area (Å²) in [5, 5.41) is 15.9. The second-order valence-corrected chi connectivity index (χ2v) is 6.76. The predicted octanol–water partition coefficient (Wildman–Crippen LogP) is 1.72. The standard InChI is InChI=1S/C18H21ClN8/c1-20-18(22-11-16-25-24-15-6-2-3-9-27(15)16)23-13-7-10-26(12-13)17-14(19)5-4-8-21-17/h2-6,8-9,13H,7,10-12H2,1H3,(H2,20,22,23). The zero-order valence-electron chi connectivity index (χ0n) is 15.0. The normalized spacial score (nSPS) is 17.5. The van der Waals surface area contributed by atoms with Gasteiger partial charge in [0.2, 0.25) is 0 Å². The molecule has 9 heteroatoms. The van der Waals surface area contributed by atoms with E-state index in [1.165, 1.54) is 0 Å². The van der Waals surface area contributed by atoms with Gasteiger partial charge in [-0.1, -0.05) is 17.7 Å². The molecule has 3 aromatic rings. The van der Waals surface area contributed by atoms with Crippen LogP contribution in [0.25, 0.3) is 5.65 Å². The molecule has 4 heterocycles. The fourth-order valence-electron chi connectivity index (χ4n) is 3.24. The number of hydrogen-bond acceptors (Lipinski definition) is 5. The van der Waals surface area contributed by atoms with Gasteiger partial charge in [0.25, 0.3) is 0 Å². The molecule has 27 heavy (non-hydrogen) atoms. The lowest BCUT2D eigenvalue weighted by atomic mass is 10.3. The fourth-order valence-corrected chi connectivity index (χ4v) is 3.48. The van der Waals surface area contributed by atoms with Crippen molar-refractivity contribution in [3.8, 4) is 0 Å². The summed E-state index contributed by atoms with van der Waals surface area (Å²) in [7, 11) is 1.76. The van der Waals surface area contributed by atoms with E-state index < -0.39 is 0 Å². The van der Waals surface area contributed by atoms with Gasteiger partial charge in [-0.25, -0.2) is 4.98 Å². The van der Waals surface area contributed by atoms with Crippen LogP contribution in [-0.4, -0.2) is 51.7 Å². The molecule has 1 fully saturated rings. The summed E-state index contributed by atoms with van der Waals surface area (Å²) in [6, 6.07) is 9.82. The molecule has 1 aliphatic rings. The summed E-state index contributed by atoms with van der Waals surface area (Å²) in [6.45, 7) is 2.26. The van der Waals surface area contributed by atoms with E-state index in [1.54, 1.807) is 13.2 Å². The van der Waals surface area contributed by atoms with Crippen molar-refractivity contribution in [1.29, 1.82) is 0 Å². The van der Waals surface area contributed by atoms with E-state index in [4.69, 9.17) is 11.6 Å². The highest BCUT2D eigenvalue weighted by atomic mass is 35.5. The Morgan fingerprint density at radius 2 is 2.22 bits per heavy atom. The van der Waals surface area contributed by atoms with Crippen molar-refractivity contribution in [2.75, 3.05) is 25.0 Å². The quantitative estimate of drug-likeness (QED) is 0.526. The van der Waals surface area contributed by atoms with Crippen molar-refractivity contribution >= 4 is 29.0 Å². The van der Waals surface area contributed by atoms with Crippen LogP contribution in [0.4, 0.5) is 5.82 Å². The Kier molecular flexibility index (Phi) is 5.06. The van der Waals surface area contributed by atoms with Crippen LogP contribution in [0.1, 0.15) is 12.2 Å². The van der Waals surface area contributed by atoms with Crippen molar-refractivity contribution in [3.63, 3.8) is 0 Å². The maximum Gasteiger partial charge on any atom is 0.191 e. The first kappa shape index (κ1) is 17.5. The third-order valence-corrected chi connectivity index (χ3v) is 4.88. The molecule has 8 nitrogen and oxygen atoms in total. The molecule has 3 aromatic heterocycles. The molecular weight excluding hydrogens is 364 g/mol. The third kappa shape index (κ3) is 3.80. The maximum atomic E-state index is 6.26. The Hall–Kier alpha value is -2.87. The number of fused-ring (bicyclic) bond motifs is 1. The molecule has 0 spiro atoms. The maximum absolute atomic E-state index is 6.26. The number of aliphatic imine (C=N–C) groups is 1. The minimum absolute atomic E-state index is 0.268. The lowest BCUT2D eigenvalue weighted by Crippen LogP contribution is -2.44. The molecule has 0 bridgehead atoms. The van der Waals surface area contributed by atoms with Gasteiger partial charge >= 0.3 is 0 Å². The molecule has 1 unspecified atom stereocenters. The zero-order valence-corrected chi connectivity index (χ0v) is 15.8. The second kappa shape index (κ2) is 7.79. The summed E-state index contributed by atoms with van der Waals surface area (Å²) in [5.41, 5.74) is 0.830. The van der Waals surface area contributed by atoms with Gasteiger partial charge in [0, 0.05) is 38.6 Å². The van der Waals surface area contributed by atoms with Gasteiger partial charge in [0.05, 0.1) is 11.6 Å². The van der Waals surface area contributed by atoms with Crippen LogP contribution in [0.2, 0.25) is 5.02 Å². The summed E-state index contributed by atoms with van der Waals surface area (Å²) < 4.78 is 1.96. The topological polar surface area (TPSA) is 82.7 Å². The number of aromatic nitrogens is 4. The van der Waals surface area contributed by atoms with Crippen LogP contribution < -0.4 is 15.5 Å². The molecule has 2 N–H and O–H groups in total. The fraction of sp³-hybridized carbons (Fsp3) is 0.333. The Bertz CT molecular complexity index is 953. The number of pyridine rings is 2. The van der Waals surface area contributed by atoms with E-state index in [0.717, 1.165) is 42.8 Å². The van der Waals surface area contributed by atoms with Crippen LogP contribution in [0.15, 0.2) is 47.7 Å². The number of nitrogens with one attached hydrogen (secondary N) is 2. The smallest absolute Gasteiger partial charge is 0.191 e. The minimum atomic E-state index is 0.268. The third-order valence-electron chi connectivity index (χ3n) is 4.59. The minimum Gasteiger partial charge on any atom is -0.353 e. The number of anilines is 1. The number of halogens is 1. The first-order chi connectivity index (χ1) is 13.2. The van der Waals surface area contributed by atoms with E-state index in [9.17, 15) is 0 Å². The first-order valence-electron chi connectivity index (χ1n) is 8.86. The molecule has 0 radical (unpaired) electrons. The summed E-state index contributed by atoms with van der Waals surface area (Å²) >= 11 is 6.26. The highest BCUT2D eigenvalue weighted by Gasteiger charge is 2.25. The summed E-state index contributed by atoms with van der Waals surface area (Å²) in [4.78, 5) is 10.9. The van der Waals surface area contributed by atoms with Gasteiger partial charge in [-0.3, -0.25) is 9.39 Å². The van der Waals surface area contributed by atoms with Crippen molar-refractivity contribution in [2.45, 2.75) is 19.0 Å². The van der Waals surface area contributed by atoms with Crippen molar-refractivity contribution < 1.29 is 0 Å². The van der Waals surface area contributed by atoms with E-state index in [0.29, 0.717) is 11.6 Å². The number of guanidine groups is 1. The van der Waals surface area contributed by atoms with Crippen molar-refractivity contribution in [1.82, 2.24) is 30.2 Å². The van der Waals surface area contributed by atoms with Crippen LogP contribution in [-0.2, 0) is 6.54 Å². The highest BCUT2D eigenvalue weighted by molar-refractivity contribution is 6.32. The molecular formula is C18H21ClN8. The van der Waals surface area contributed by atoms with E-state index >= 15 is 0 Å². The molecule has 1 aliphatic heterocycles. The van der Waals surface area contributed by atoms with Gasteiger partial charge < -0.3 is 15.5 Å². The van der Waals surface area contributed by atoms with Crippen LogP contribution in [0, 0.1) is 0 Å². The van der Waals surface area contributed by atoms with Gasteiger partial charge in [-0.2, -0.15) is 0 Å². The molecule has 1 saturated heterocycles. The lowest BCUT2D eigenvalue weighted by molar-refractivity contribution is 0.643. The summed E-state index contributed by atoms with van der Waals surface area (Å²) in [5.74, 6) is 2.41. The monoisotopic (exact) mass is 384 g/mol. The number of nitrogens with zero attached hydrogens (tertiary/aromatic N) is 6. The molecule has 0 amide bonds. The first-order valence-corrected chi connectivity index (χ1v) is 9.23. The van der Waals surface area contributed by atoms with Crippen LogP contribution >= 0.6 is 11.6 Å². The zero-order chi connectivity index (χ0) is 18.6. The largest absolute Gasteiger partial charge is 0.353 e. The molecule has 0 aliphatic carbocycles. The van der Waals surface area contributed by atoms with Gasteiger partial charge in [0.15, 0.2) is 17.4 Å². The predicted molar refractivity (Wildman–Crippen MR) is 106 cm³/mol. The van der Waals surface area contributed by atoms with E-state index in [2.05, 4.69) is 35.7 Å². The van der Waals surface area contributed by atoms with E-state index in [-0.39, 0.29) is 6.04 Å². The number of hydrogen-bond donors (Lipinski definition) is 2. The summed E-state index contributed by atoms with van der Waals surface area (Å²) in [6.07, 6.45) is 4.71. The molecule has 1 atom stereocenters. The van der Waals surface area contributed by atoms with Crippen molar-refractivity contribution in [2.24, 2.45) is 4.99 Å². The Labute approximate surface area is 162 Å². The molecule has 0 aromatic carbocycles. The Balaban J connectivity index is 1.35. The molecule has 0 saturated carbocycles. The number of rotatable bonds is 4. The van der Waals surface area contributed by atoms with Crippen molar-refractivity contribution in [3.05, 3.63) is 53.6 Å². The van der Waals surface area contributed by atoms with E-state index in [1.807, 2.05) is 40.9 Å².